The highest BCUT2D eigenvalue weighted by Crippen LogP contribution is 2.21. The van der Waals surface area contributed by atoms with Gasteiger partial charge in [0.25, 0.3) is 5.91 Å². The summed E-state index contributed by atoms with van der Waals surface area (Å²) in [6.45, 7) is 2.57. The standard InChI is InChI=1S/C13H14N2O2/c1-3-15(2)13(16)12-7-6-11(17-12)10-5-4-8-14-9-10/h4-9H,3H2,1-2H3. The van der Waals surface area contributed by atoms with Crippen LogP contribution in [0.25, 0.3) is 11.3 Å². The average Bonchev–Trinajstić information content (AvgIpc) is 2.87. The molecule has 88 valence electrons. The third-order valence-electron chi connectivity index (χ3n) is 2.58. The highest BCUT2D eigenvalue weighted by molar-refractivity contribution is 5.91. The van der Waals surface area contributed by atoms with Gasteiger partial charge in [0.05, 0.1) is 0 Å². The van der Waals surface area contributed by atoms with Crippen molar-refractivity contribution >= 4 is 5.91 Å². The molecule has 17 heavy (non-hydrogen) atoms. The number of amides is 1. The number of carbonyl (C=O) groups is 1. The van der Waals surface area contributed by atoms with Crippen LogP contribution in [0.15, 0.2) is 41.1 Å². The van der Waals surface area contributed by atoms with E-state index in [0.717, 1.165) is 5.56 Å². The Kier molecular flexibility index (Phi) is 3.23. The molecule has 0 unspecified atom stereocenters. The van der Waals surface area contributed by atoms with E-state index in [4.69, 9.17) is 4.42 Å². The topological polar surface area (TPSA) is 46.3 Å². The van der Waals surface area contributed by atoms with E-state index in [2.05, 4.69) is 4.98 Å². The number of carbonyl (C=O) groups excluding carboxylic acids is 1. The molecule has 0 N–H and O–H groups in total. The maximum Gasteiger partial charge on any atom is 0.289 e. The number of rotatable bonds is 3. The van der Waals surface area contributed by atoms with Gasteiger partial charge in [0.15, 0.2) is 5.76 Å². The van der Waals surface area contributed by atoms with Crippen molar-refractivity contribution in [2.45, 2.75) is 6.92 Å². The largest absolute Gasteiger partial charge is 0.451 e. The van der Waals surface area contributed by atoms with Crippen LogP contribution >= 0.6 is 0 Å². The lowest BCUT2D eigenvalue weighted by molar-refractivity contribution is 0.0772. The number of furan rings is 1. The highest BCUT2D eigenvalue weighted by atomic mass is 16.4. The van der Waals surface area contributed by atoms with Crippen LogP contribution in [0.5, 0.6) is 0 Å². The third kappa shape index (κ3) is 2.36. The van der Waals surface area contributed by atoms with Crippen molar-refractivity contribution < 1.29 is 9.21 Å². The molecule has 4 nitrogen and oxygen atoms in total. The van der Waals surface area contributed by atoms with Gasteiger partial charge in [0, 0.05) is 31.5 Å². The van der Waals surface area contributed by atoms with Gasteiger partial charge in [-0.2, -0.15) is 0 Å². The first-order valence-corrected chi connectivity index (χ1v) is 5.48. The molecule has 4 heteroatoms. The Morgan fingerprint density at radius 3 is 2.88 bits per heavy atom. The Morgan fingerprint density at radius 1 is 1.41 bits per heavy atom. The molecule has 0 spiro atoms. The molecule has 1 amide bonds. The minimum Gasteiger partial charge on any atom is -0.451 e. The number of hydrogen-bond acceptors (Lipinski definition) is 3. The SMILES string of the molecule is CCN(C)C(=O)c1ccc(-c2cccnc2)o1. The maximum atomic E-state index is 11.8. The van der Waals surface area contributed by atoms with Crippen LogP contribution in [0.4, 0.5) is 0 Å². The number of pyridine rings is 1. The molecule has 2 rings (SSSR count). The van der Waals surface area contributed by atoms with Crippen LogP contribution in [0.1, 0.15) is 17.5 Å². The lowest BCUT2D eigenvalue weighted by Crippen LogP contribution is -2.25. The predicted octanol–water partition coefficient (Wildman–Crippen LogP) is 2.43. The van der Waals surface area contributed by atoms with Gasteiger partial charge in [-0.3, -0.25) is 9.78 Å². The average molecular weight is 230 g/mol. The van der Waals surface area contributed by atoms with Crippen molar-refractivity contribution in [3.05, 3.63) is 42.4 Å². The molecule has 0 aliphatic carbocycles. The molecule has 2 aromatic heterocycles. The van der Waals surface area contributed by atoms with Crippen LogP contribution in [0, 0.1) is 0 Å². The Morgan fingerprint density at radius 2 is 2.24 bits per heavy atom. The van der Waals surface area contributed by atoms with Gasteiger partial charge in [-0.1, -0.05) is 0 Å². The molecule has 0 saturated carbocycles. The number of aromatic nitrogens is 1. The van der Waals surface area contributed by atoms with Crippen molar-refractivity contribution in [1.82, 2.24) is 9.88 Å². The van der Waals surface area contributed by atoms with E-state index < -0.39 is 0 Å². The van der Waals surface area contributed by atoms with Gasteiger partial charge < -0.3 is 9.32 Å². The summed E-state index contributed by atoms with van der Waals surface area (Å²) in [5.74, 6) is 0.904. The highest BCUT2D eigenvalue weighted by Gasteiger charge is 2.15. The van der Waals surface area contributed by atoms with E-state index in [1.807, 2.05) is 19.1 Å². The van der Waals surface area contributed by atoms with E-state index in [-0.39, 0.29) is 5.91 Å². The van der Waals surface area contributed by atoms with Gasteiger partial charge in [-0.15, -0.1) is 0 Å². The van der Waals surface area contributed by atoms with Crippen LogP contribution in [0.3, 0.4) is 0 Å². The molecule has 2 aromatic rings. The van der Waals surface area contributed by atoms with Crippen molar-refractivity contribution in [3.63, 3.8) is 0 Å². The van der Waals surface area contributed by atoms with Crippen molar-refractivity contribution in [2.24, 2.45) is 0 Å². The first-order valence-electron chi connectivity index (χ1n) is 5.48. The lowest BCUT2D eigenvalue weighted by Gasteiger charge is -2.11. The minimum atomic E-state index is -0.109. The molecule has 0 aromatic carbocycles. The van der Waals surface area contributed by atoms with Crippen LogP contribution in [0.2, 0.25) is 0 Å². The second-order valence-corrected chi connectivity index (χ2v) is 3.72. The summed E-state index contributed by atoms with van der Waals surface area (Å²) < 4.78 is 5.52. The number of nitrogens with zero attached hydrogens (tertiary/aromatic N) is 2. The maximum absolute atomic E-state index is 11.8. The Labute approximate surface area is 99.9 Å². The van der Waals surface area contributed by atoms with Gasteiger partial charge in [0.1, 0.15) is 5.76 Å². The van der Waals surface area contributed by atoms with Gasteiger partial charge in [0.2, 0.25) is 0 Å². The monoisotopic (exact) mass is 230 g/mol. The fraction of sp³-hybridized carbons (Fsp3) is 0.231. The summed E-state index contributed by atoms with van der Waals surface area (Å²) in [7, 11) is 1.74. The van der Waals surface area contributed by atoms with Gasteiger partial charge in [-0.25, -0.2) is 0 Å². The molecule has 0 saturated heterocycles. The van der Waals surface area contributed by atoms with Crippen LogP contribution < -0.4 is 0 Å². The van der Waals surface area contributed by atoms with Crippen LogP contribution in [-0.2, 0) is 0 Å². The first-order chi connectivity index (χ1) is 8.22. The summed E-state index contributed by atoms with van der Waals surface area (Å²) in [5, 5.41) is 0. The second kappa shape index (κ2) is 4.82. The van der Waals surface area contributed by atoms with Crippen molar-refractivity contribution in [2.75, 3.05) is 13.6 Å². The molecule has 0 aliphatic rings. The first kappa shape index (κ1) is 11.4. The Balaban J connectivity index is 2.25. The molecular weight excluding hydrogens is 216 g/mol. The molecule has 0 fully saturated rings. The Bertz CT molecular complexity index is 505. The predicted molar refractivity (Wildman–Crippen MR) is 64.6 cm³/mol. The van der Waals surface area contributed by atoms with E-state index in [1.54, 1.807) is 36.5 Å². The zero-order valence-electron chi connectivity index (χ0n) is 9.88. The summed E-state index contributed by atoms with van der Waals surface area (Å²) in [5.41, 5.74) is 0.866. The fourth-order valence-corrected chi connectivity index (χ4v) is 1.45. The van der Waals surface area contributed by atoms with Crippen molar-refractivity contribution in [1.29, 1.82) is 0 Å². The zero-order chi connectivity index (χ0) is 12.3. The van der Waals surface area contributed by atoms with Gasteiger partial charge >= 0.3 is 0 Å². The minimum absolute atomic E-state index is 0.109. The van der Waals surface area contributed by atoms with E-state index >= 15 is 0 Å². The molecule has 2 heterocycles. The lowest BCUT2D eigenvalue weighted by atomic mass is 10.2. The molecule has 0 bridgehead atoms. The van der Waals surface area contributed by atoms with Crippen LogP contribution in [-0.4, -0.2) is 29.4 Å². The number of hydrogen-bond donors (Lipinski definition) is 0. The quantitative estimate of drug-likeness (QED) is 0.813. The normalized spacial score (nSPS) is 10.2. The Hall–Kier alpha value is -2.10. The molecule has 0 atom stereocenters. The van der Waals surface area contributed by atoms with E-state index in [1.165, 1.54) is 0 Å². The summed E-state index contributed by atoms with van der Waals surface area (Å²) >= 11 is 0. The van der Waals surface area contributed by atoms with E-state index in [0.29, 0.717) is 18.1 Å². The summed E-state index contributed by atoms with van der Waals surface area (Å²) in [6, 6.07) is 7.20. The van der Waals surface area contributed by atoms with E-state index in [9.17, 15) is 4.79 Å². The molecule has 0 aliphatic heterocycles. The smallest absolute Gasteiger partial charge is 0.289 e. The molecule has 0 radical (unpaired) electrons. The van der Waals surface area contributed by atoms with Crippen molar-refractivity contribution in [3.8, 4) is 11.3 Å². The van der Waals surface area contributed by atoms with Gasteiger partial charge in [-0.05, 0) is 31.2 Å². The second-order valence-electron chi connectivity index (χ2n) is 3.72. The third-order valence-corrected chi connectivity index (χ3v) is 2.58. The summed E-state index contributed by atoms with van der Waals surface area (Å²) in [4.78, 5) is 17.5. The zero-order valence-corrected chi connectivity index (χ0v) is 9.88. The fourth-order valence-electron chi connectivity index (χ4n) is 1.45. The summed E-state index contributed by atoms with van der Waals surface area (Å²) in [6.07, 6.45) is 3.40. The molecular formula is C13H14N2O2.